The molecule has 0 aromatic carbocycles. The van der Waals surface area contributed by atoms with Crippen molar-refractivity contribution in [3.05, 3.63) is 47.5 Å². The Balaban J connectivity index is 1.52. The first-order valence-corrected chi connectivity index (χ1v) is 7.88. The SMILES string of the molecule is OC1C(NCc2ccccn2)C2COC(O2)C1n1cc(Cl)cn1. The molecular formula is C15H17ClN4O3. The van der Waals surface area contributed by atoms with E-state index in [1.54, 1.807) is 17.1 Å². The summed E-state index contributed by atoms with van der Waals surface area (Å²) in [7, 11) is 0. The van der Waals surface area contributed by atoms with Gasteiger partial charge in [0.05, 0.1) is 35.7 Å². The van der Waals surface area contributed by atoms with E-state index >= 15 is 0 Å². The van der Waals surface area contributed by atoms with Crippen LogP contribution in [0.25, 0.3) is 0 Å². The van der Waals surface area contributed by atoms with Crippen LogP contribution in [0.2, 0.25) is 5.02 Å². The standard InChI is InChI=1S/C15H17ClN4O3/c16-9-5-19-20(7-9)13-14(21)12(11-8-22-15(13)23-11)18-6-10-3-1-2-4-17-10/h1-5,7,11-15,18,21H,6,8H2. The van der Waals surface area contributed by atoms with Crippen molar-refractivity contribution in [3.63, 3.8) is 0 Å². The predicted octanol–water partition coefficient (Wildman–Crippen LogP) is 0.747. The van der Waals surface area contributed by atoms with Gasteiger partial charge in [-0.3, -0.25) is 9.67 Å². The molecule has 23 heavy (non-hydrogen) atoms. The maximum Gasteiger partial charge on any atom is 0.183 e. The largest absolute Gasteiger partial charge is 0.389 e. The molecule has 8 heteroatoms. The number of pyridine rings is 1. The highest BCUT2D eigenvalue weighted by atomic mass is 35.5. The minimum atomic E-state index is -0.707. The highest BCUT2D eigenvalue weighted by molar-refractivity contribution is 6.30. The summed E-state index contributed by atoms with van der Waals surface area (Å²) in [6.07, 6.45) is 3.52. The predicted molar refractivity (Wildman–Crippen MR) is 81.8 cm³/mol. The Morgan fingerprint density at radius 3 is 3.09 bits per heavy atom. The van der Waals surface area contributed by atoms with Gasteiger partial charge in [0.2, 0.25) is 0 Å². The van der Waals surface area contributed by atoms with Crippen molar-refractivity contribution in [1.29, 1.82) is 0 Å². The minimum Gasteiger partial charge on any atom is -0.389 e. The zero-order chi connectivity index (χ0) is 15.8. The van der Waals surface area contributed by atoms with Gasteiger partial charge in [0, 0.05) is 18.9 Å². The Hall–Kier alpha value is -1.51. The van der Waals surface area contributed by atoms with Gasteiger partial charge in [-0.15, -0.1) is 0 Å². The third-order valence-electron chi connectivity index (χ3n) is 4.25. The Kier molecular flexibility index (Phi) is 4.04. The third-order valence-corrected chi connectivity index (χ3v) is 4.45. The van der Waals surface area contributed by atoms with Gasteiger partial charge in [0.15, 0.2) is 6.29 Å². The van der Waals surface area contributed by atoms with E-state index in [1.807, 2.05) is 18.2 Å². The Labute approximate surface area is 138 Å². The van der Waals surface area contributed by atoms with Gasteiger partial charge in [-0.25, -0.2) is 0 Å². The third kappa shape index (κ3) is 2.86. The smallest absolute Gasteiger partial charge is 0.183 e. The van der Waals surface area contributed by atoms with E-state index < -0.39 is 18.4 Å². The molecule has 2 N–H and O–H groups in total. The lowest BCUT2D eigenvalue weighted by atomic mass is 9.96. The molecule has 2 aromatic heterocycles. The highest BCUT2D eigenvalue weighted by Crippen LogP contribution is 2.35. The van der Waals surface area contributed by atoms with Gasteiger partial charge in [-0.05, 0) is 12.1 Å². The summed E-state index contributed by atoms with van der Waals surface area (Å²) >= 11 is 5.94. The summed E-state index contributed by atoms with van der Waals surface area (Å²) in [5.74, 6) is 0. The van der Waals surface area contributed by atoms with Gasteiger partial charge in [-0.2, -0.15) is 5.10 Å². The van der Waals surface area contributed by atoms with Crippen LogP contribution in [0.4, 0.5) is 0 Å². The summed E-state index contributed by atoms with van der Waals surface area (Å²) in [4.78, 5) is 4.28. The van der Waals surface area contributed by atoms with E-state index in [9.17, 15) is 5.11 Å². The van der Waals surface area contributed by atoms with Gasteiger partial charge in [0.25, 0.3) is 0 Å². The van der Waals surface area contributed by atoms with Crippen LogP contribution in [0, 0.1) is 0 Å². The number of aromatic nitrogens is 3. The molecule has 0 radical (unpaired) electrons. The van der Waals surface area contributed by atoms with Gasteiger partial charge in [0.1, 0.15) is 12.1 Å². The van der Waals surface area contributed by atoms with Crippen molar-refractivity contribution in [2.45, 2.75) is 37.1 Å². The normalized spacial score (nSPS) is 33.0. The molecule has 122 valence electrons. The molecule has 0 spiro atoms. The molecule has 2 fully saturated rings. The average Bonchev–Trinajstić information content (AvgIpc) is 3.17. The van der Waals surface area contributed by atoms with Crippen LogP contribution in [0.3, 0.4) is 0 Å². The van der Waals surface area contributed by atoms with E-state index in [1.165, 1.54) is 6.20 Å². The van der Waals surface area contributed by atoms with E-state index in [2.05, 4.69) is 15.4 Å². The number of nitrogens with zero attached hydrogens (tertiary/aromatic N) is 3. The van der Waals surface area contributed by atoms with Crippen LogP contribution < -0.4 is 5.32 Å². The maximum absolute atomic E-state index is 10.8. The lowest BCUT2D eigenvalue weighted by molar-refractivity contribution is -0.168. The van der Waals surface area contributed by atoms with Crippen LogP contribution in [0.15, 0.2) is 36.8 Å². The molecule has 2 aliphatic rings. The van der Waals surface area contributed by atoms with Crippen molar-refractivity contribution in [3.8, 4) is 0 Å². The number of hydrogen-bond donors (Lipinski definition) is 2. The van der Waals surface area contributed by atoms with Crippen LogP contribution in [0.5, 0.6) is 0 Å². The number of halogens is 1. The molecule has 0 aliphatic carbocycles. The van der Waals surface area contributed by atoms with Crippen molar-refractivity contribution in [1.82, 2.24) is 20.1 Å². The van der Waals surface area contributed by atoms with Gasteiger partial charge >= 0.3 is 0 Å². The van der Waals surface area contributed by atoms with Crippen LogP contribution in [-0.2, 0) is 16.0 Å². The summed E-state index contributed by atoms with van der Waals surface area (Å²) in [5, 5.41) is 18.8. The van der Waals surface area contributed by atoms with Crippen LogP contribution in [0.1, 0.15) is 11.7 Å². The average molecular weight is 337 g/mol. The second-order valence-electron chi connectivity index (χ2n) is 5.72. The Morgan fingerprint density at radius 1 is 1.43 bits per heavy atom. The number of fused-ring (bicyclic) bond motifs is 2. The van der Waals surface area contributed by atoms with E-state index in [4.69, 9.17) is 21.1 Å². The summed E-state index contributed by atoms with van der Waals surface area (Å²) < 4.78 is 13.1. The topological polar surface area (TPSA) is 81.4 Å². The maximum atomic E-state index is 10.8. The van der Waals surface area contributed by atoms with Crippen LogP contribution >= 0.6 is 11.6 Å². The van der Waals surface area contributed by atoms with Crippen LogP contribution in [-0.4, -0.2) is 51.0 Å². The first kappa shape index (κ1) is 15.0. The fourth-order valence-electron chi connectivity index (χ4n) is 3.14. The second kappa shape index (κ2) is 6.18. The minimum absolute atomic E-state index is 0.194. The monoisotopic (exact) mass is 336 g/mol. The molecule has 0 amide bonds. The zero-order valence-electron chi connectivity index (χ0n) is 12.2. The number of rotatable bonds is 4. The van der Waals surface area contributed by atoms with E-state index in [0.717, 1.165) is 5.69 Å². The molecule has 5 atom stereocenters. The molecule has 5 unspecified atom stereocenters. The first-order valence-electron chi connectivity index (χ1n) is 7.50. The number of nitrogens with one attached hydrogen (secondary N) is 1. The summed E-state index contributed by atoms with van der Waals surface area (Å²) in [5.41, 5.74) is 0.902. The Morgan fingerprint density at radius 2 is 2.35 bits per heavy atom. The summed E-state index contributed by atoms with van der Waals surface area (Å²) in [6, 6.07) is 5.02. The van der Waals surface area contributed by atoms with Gasteiger partial charge in [-0.1, -0.05) is 17.7 Å². The fraction of sp³-hybridized carbons (Fsp3) is 0.467. The number of aliphatic hydroxyl groups excluding tert-OH is 1. The van der Waals surface area contributed by atoms with Crippen molar-refractivity contribution >= 4 is 11.6 Å². The zero-order valence-corrected chi connectivity index (χ0v) is 13.0. The molecule has 2 bridgehead atoms. The lowest BCUT2D eigenvalue weighted by Crippen LogP contribution is -2.57. The molecule has 2 aliphatic heterocycles. The van der Waals surface area contributed by atoms with E-state index in [0.29, 0.717) is 18.2 Å². The molecule has 7 nitrogen and oxygen atoms in total. The van der Waals surface area contributed by atoms with E-state index in [-0.39, 0.29) is 12.1 Å². The molecule has 2 aromatic rings. The number of aliphatic hydroxyl groups is 1. The molecule has 4 heterocycles. The lowest BCUT2D eigenvalue weighted by Gasteiger charge is -2.38. The molecule has 0 saturated carbocycles. The summed E-state index contributed by atoms with van der Waals surface area (Å²) in [6.45, 7) is 0.979. The first-order chi connectivity index (χ1) is 11.2. The van der Waals surface area contributed by atoms with Crippen molar-refractivity contribution in [2.24, 2.45) is 0 Å². The van der Waals surface area contributed by atoms with Crippen molar-refractivity contribution < 1.29 is 14.6 Å². The van der Waals surface area contributed by atoms with Crippen molar-refractivity contribution in [2.75, 3.05) is 6.61 Å². The number of ether oxygens (including phenoxy) is 2. The molecule has 2 saturated heterocycles. The Bertz CT molecular complexity index is 668. The highest BCUT2D eigenvalue weighted by Gasteiger charge is 2.51. The second-order valence-corrected chi connectivity index (χ2v) is 6.16. The quantitative estimate of drug-likeness (QED) is 0.857. The molecule has 4 rings (SSSR count). The van der Waals surface area contributed by atoms with Gasteiger partial charge < -0.3 is 19.9 Å². The number of hydrogen-bond acceptors (Lipinski definition) is 6. The molecular weight excluding hydrogens is 320 g/mol. The fourth-order valence-corrected chi connectivity index (χ4v) is 3.28.